The van der Waals surface area contributed by atoms with Crippen LogP contribution in [0.15, 0.2) is 24.3 Å². The van der Waals surface area contributed by atoms with Crippen LogP contribution < -0.4 is 5.32 Å². The normalized spacial score (nSPS) is 22.9. The zero-order chi connectivity index (χ0) is 15.5. The maximum absolute atomic E-state index is 12.6. The van der Waals surface area contributed by atoms with E-state index in [1.807, 2.05) is 12.1 Å². The smallest absolute Gasteiger partial charge is 0.326 e. The Morgan fingerprint density at radius 3 is 2.38 bits per heavy atom. The Labute approximate surface area is 126 Å². The predicted molar refractivity (Wildman–Crippen MR) is 76.1 cm³/mol. The van der Waals surface area contributed by atoms with Gasteiger partial charge in [0.05, 0.1) is 5.92 Å². The Hall–Kier alpha value is -1.23. The molecule has 21 heavy (non-hydrogen) atoms. The first-order chi connectivity index (χ1) is 9.91. The van der Waals surface area contributed by atoms with Crippen molar-refractivity contribution in [1.82, 2.24) is 0 Å². The Kier molecular flexibility index (Phi) is 5.14. The lowest BCUT2D eigenvalue weighted by Crippen LogP contribution is -2.32. The van der Waals surface area contributed by atoms with Gasteiger partial charge in [-0.3, -0.25) is 4.79 Å². The van der Waals surface area contributed by atoms with E-state index in [1.165, 1.54) is 0 Å². The molecule has 1 fully saturated rings. The summed E-state index contributed by atoms with van der Waals surface area (Å²) in [5.41, 5.74) is 1.44. The minimum absolute atomic E-state index is 0.0265. The van der Waals surface area contributed by atoms with Crippen LogP contribution in [0.2, 0.25) is 0 Å². The zero-order valence-electron chi connectivity index (χ0n) is 11.4. The second kappa shape index (κ2) is 6.69. The fourth-order valence-corrected chi connectivity index (χ4v) is 2.91. The highest BCUT2D eigenvalue weighted by atomic mass is 35.5. The number of nitrogens with one attached hydrogen (secondary N) is 1. The second-order valence-corrected chi connectivity index (χ2v) is 5.64. The molecule has 0 saturated heterocycles. The molecular weight excluding hydrogens is 303 g/mol. The van der Waals surface area contributed by atoms with E-state index >= 15 is 0 Å². The lowest BCUT2D eigenvalue weighted by atomic mass is 9.81. The van der Waals surface area contributed by atoms with Crippen LogP contribution in [0.4, 0.5) is 18.9 Å². The monoisotopic (exact) mass is 319 g/mol. The van der Waals surface area contributed by atoms with Gasteiger partial charge in [-0.1, -0.05) is 18.2 Å². The minimum atomic E-state index is -4.15. The number of benzene rings is 1. The van der Waals surface area contributed by atoms with Crippen molar-refractivity contribution in [2.24, 2.45) is 11.8 Å². The fraction of sp³-hybridized carbons (Fsp3) is 0.533. The van der Waals surface area contributed by atoms with Crippen molar-refractivity contribution in [3.63, 3.8) is 0 Å². The van der Waals surface area contributed by atoms with Gasteiger partial charge in [0, 0.05) is 17.5 Å². The van der Waals surface area contributed by atoms with E-state index in [2.05, 4.69) is 5.32 Å². The van der Waals surface area contributed by atoms with Crippen LogP contribution in [0.1, 0.15) is 31.2 Å². The van der Waals surface area contributed by atoms with Gasteiger partial charge >= 0.3 is 6.18 Å². The maximum Gasteiger partial charge on any atom is 0.391 e. The van der Waals surface area contributed by atoms with Crippen LogP contribution in [0.3, 0.4) is 0 Å². The van der Waals surface area contributed by atoms with Crippen LogP contribution in [-0.2, 0) is 10.7 Å². The molecule has 0 atom stereocenters. The number of anilines is 1. The Balaban J connectivity index is 1.94. The Morgan fingerprint density at radius 2 is 1.81 bits per heavy atom. The summed E-state index contributed by atoms with van der Waals surface area (Å²) >= 11 is 5.79. The van der Waals surface area contributed by atoms with E-state index in [-0.39, 0.29) is 43.4 Å². The average molecular weight is 320 g/mol. The van der Waals surface area contributed by atoms with Gasteiger partial charge < -0.3 is 5.32 Å². The van der Waals surface area contributed by atoms with E-state index in [0.29, 0.717) is 5.69 Å². The Morgan fingerprint density at radius 1 is 1.19 bits per heavy atom. The molecule has 2 rings (SSSR count). The van der Waals surface area contributed by atoms with Crippen LogP contribution >= 0.6 is 11.6 Å². The molecule has 0 spiro atoms. The standard InChI is InChI=1S/C15H17ClF3NO/c16-9-11-3-1-2-4-13(11)20-14(21)10-5-7-12(8-6-10)15(17,18)19/h1-4,10,12H,5-9H2,(H,20,21). The van der Waals surface area contributed by atoms with Crippen LogP contribution in [0, 0.1) is 11.8 Å². The Bertz CT molecular complexity index is 496. The number of hydrogen-bond acceptors (Lipinski definition) is 1. The van der Waals surface area contributed by atoms with E-state index in [9.17, 15) is 18.0 Å². The largest absolute Gasteiger partial charge is 0.391 e. The number of carbonyl (C=O) groups is 1. The summed E-state index contributed by atoms with van der Waals surface area (Å²) in [4.78, 5) is 12.2. The maximum atomic E-state index is 12.6. The minimum Gasteiger partial charge on any atom is -0.326 e. The van der Waals surface area contributed by atoms with E-state index in [1.54, 1.807) is 12.1 Å². The van der Waals surface area contributed by atoms with Crippen molar-refractivity contribution in [3.8, 4) is 0 Å². The first kappa shape index (κ1) is 16.1. The predicted octanol–water partition coefficient (Wildman–Crippen LogP) is 4.73. The van der Waals surface area contributed by atoms with Crippen LogP contribution in [0.5, 0.6) is 0 Å². The van der Waals surface area contributed by atoms with Gasteiger partial charge in [0.15, 0.2) is 0 Å². The molecular formula is C15H17ClF3NO. The van der Waals surface area contributed by atoms with E-state index in [0.717, 1.165) is 5.56 Å². The van der Waals surface area contributed by atoms with Crippen molar-refractivity contribution >= 4 is 23.2 Å². The van der Waals surface area contributed by atoms with E-state index < -0.39 is 12.1 Å². The fourth-order valence-electron chi connectivity index (χ4n) is 2.68. The summed E-state index contributed by atoms with van der Waals surface area (Å²) in [6.45, 7) is 0. The third kappa shape index (κ3) is 4.13. The number of hydrogen-bond donors (Lipinski definition) is 1. The molecule has 0 heterocycles. The first-order valence-electron chi connectivity index (χ1n) is 6.93. The highest BCUT2D eigenvalue weighted by molar-refractivity contribution is 6.17. The molecule has 0 aromatic heterocycles. The molecule has 0 unspecified atom stereocenters. The summed E-state index contributed by atoms with van der Waals surface area (Å²) in [7, 11) is 0. The lowest BCUT2D eigenvalue weighted by molar-refractivity contribution is -0.184. The summed E-state index contributed by atoms with van der Waals surface area (Å²) in [5, 5.41) is 2.78. The van der Waals surface area contributed by atoms with Crippen LogP contribution in [0.25, 0.3) is 0 Å². The number of para-hydroxylation sites is 1. The zero-order valence-corrected chi connectivity index (χ0v) is 12.2. The molecule has 1 aromatic rings. The number of amides is 1. The average Bonchev–Trinajstić information content (AvgIpc) is 2.47. The summed E-state index contributed by atoms with van der Waals surface area (Å²) in [6, 6.07) is 7.16. The SMILES string of the molecule is O=C(Nc1ccccc1CCl)C1CCC(C(F)(F)F)CC1. The van der Waals surface area contributed by atoms with Crippen molar-refractivity contribution in [1.29, 1.82) is 0 Å². The lowest BCUT2D eigenvalue weighted by Gasteiger charge is -2.29. The molecule has 0 aliphatic heterocycles. The third-order valence-corrected chi connectivity index (χ3v) is 4.27. The molecule has 1 aliphatic rings. The summed E-state index contributed by atoms with van der Waals surface area (Å²) in [5.74, 6) is -1.56. The third-order valence-electron chi connectivity index (χ3n) is 3.98. The number of rotatable bonds is 3. The molecule has 116 valence electrons. The van der Waals surface area contributed by atoms with Gasteiger partial charge in [-0.05, 0) is 37.3 Å². The molecule has 1 aliphatic carbocycles. The van der Waals surface area contributed by atoms with Gasteiger partial charge in [0.2, 0.25) is 5.91 Å². The second-order valence-electron chi connectivity index (χ2n) is 5.37. The number of halogens is 4. The summed E-state index contributed by atoms with van der Waals surface area (Å²) < 4.78 is 37.8. The number of alkyl halides is 4. The molecule has 1 N–H and O–H groups in total. The summed E-state index contributed by atoms with van der Waals surface area (Å²) in [6.07, 6.45) is -3.54. The van der Waals surface area contributed by atoms with Gasteiger partial charge in [-0.25, -0.2) is 0 Å². The topological polar surface area (TPSA) is 29.1 Å². The van der Waals surface area contributed by atoms with Gasteiger partial charge in [0.1, 0.15) is 0 Å². The molecule has 1 amide bonds. The quantitative estimate of drug-likeness (QED) is 0.802. The molecule has 0 radical (unpaired) electrons. The molecule has 6 heteroatoms. The molecule has 1 aromatic carbocycles. The van der Waals surface area contributed by atoms with Crippen LogP contribution in [-0.4, -0.2) is 12.1 Å². The number of carbonyl (C=O) groups excluding carboxylic acids is 1. The van der Waals surface area contributed by atoms with Crippen molar-refractivity contribution in [3.05, 3.63) is 29.8 Å². The highest BCUT2D eigenvalue weighted by Gasteiger charge is 2.42. The van der Waals surface area contributed by atoms with Crippen molar-refractivity contribution < 1.29 is 18.0 Å². The van der Waals surface area contributed by atoms with Crippen molar-refractivity contribution in [2.45, 2.75) is 37.7 Å². The van der Waals surface area contributed by atoms with Gasteiger partial charge in [-0.15, -0.1) is 11.6 Å². The van der Waals surface area contributed by atoms with E-state index in [4.69, 9.17) is 11.6 Å². The van der Waals surface area contributed by atoms with Gasteiger partial charge in [0.25, 0.3) is 0 Å². The highest BCUT2D eigenvalue weighted by Crippen LogP contribution is 2.39. The van der Waals surface area contributed by atoms with Crippen molar-refractivity contribution in [2.75, 3.05) is 5.32 Å². The molecule has 1 saturated carbocycles. The van der Waals surface area contributed by atoms with Gasteiger partial charge in [-0.2, -0.15) is 13.2 Å². The molecule has 0 bridgehead atoms. The molecule has 2 nitrogen and oxygen atoms in total. The first-order valence-corrected chi connectivity index (χ1v) is 7.46.